The molecule has 0 radical (unpaired) electrons. The van der Waals surface area contributed by atoms with Crippen LogP contribution in [0.4, 0.5) is 5.69 Å². The van der Waals surface area contributed by atoms with E-state index in [1.807, 2.05) is 50.2 Å². The largest absolute Gasteiger partial charge is 0.497 e. The van der Waals surface area contributed by atoms with Gasteiger partial charge in [-0.2, -0.15) is 0 Å². The number of nitrogens with zero attached hydrogens (tertiary/aromatic N) is 1. The fraction of sp³-hybridized carbons (Fsp3) is 0.278. The summed E-state index contributed by atoms with van der Waals surface area (Å²) in [7, 11) is 1.64. The van der Waals surface area contributed by atoms with Crippen LogP contribution in [0, 0.1) is 0 Å². The van der Waals surface area contributed by atoms with Crippen LogP contribution < -0.4 is 16.2 Å². The van der Waals surface area contributed by atoms with E-state index in [9.17, 15) is 0 Å². The molecule has 5 heteroatoms. The van der Waals surface area contributed by atoms with Crippen LogP contribution >= 0.6 is 0 Å². The lowest BCUT2D eigenvalue weighted by Crippen LogP contribution is -2.14. The minimum atomic E-state index is -0.327. The molecule has 0 aliphatic carbocycles. The first kappa shape index (κ1) is 16.8. The van der Waals surface area contributed by atoms with E-state index in [2.05, 4.69) is 4.98 Å². The van der Waals surface area contributed by atoms with Gasteiger partial charge in [0.2, 0.25) is 5.71 Å². The molecule has 5 nitrogen and oxygen atoms in total. The summed E-state index contributed by atoms with van der Waals surface area (Å²) in [5.41, 5.74) is 14.5. The molecule has 1 aromatic carbocycles. The molecule has 2 heterocycles. The van der Waals surface area contributed by atoms with Crippen LogP contribution in [0.5, 0.6) is 5.75 Å². The average Bonchev–Trinajstić information content (AvgIpc) is 2.94. The first-order chi connectivity index (χ1) is 11.2. The molecule has 3 rings (SSSR count). The van der Waals surface area contributed by atoms with Crippen LogP contribution in [0.15, 0.2) is 47.0 Å². The second-order valence-electron chi connectivity index (χ2n) is 4.90. The van der Waals surface area contributed by atoms with E-state index >= 15 is 0 Å². The molecule has 3 aromatic rings. The van der Waals surface area contributed by atoms with Crippen molar-refractivity contribution in [1.82, 2.24) is 4.98 Å². The number of benzene rings is 1. The number of furan rings is 1. The molecule has 1 unspecified atom stereocenters. The Hall–Kier alpha value is -2.53. The summed E-state index contributed by atoms with van der Waals surface area (Å²) in [5, 5.41) is 0.800. The average molecular weight is 313 g/mol. The molecule has 0 spiro atoms. The van der Waals surface area contributed by atoms with Crippen molar-refractivity contribution in [2.45, 2.75) is 26.3 Å². The van der Waals surface area contributed by atoms with Crippen LogP contribution in [-0.4, -0.2) is 12.1 Å². The minimum absolute atomic E-state index is 0.327. The van der Waals surface area contributed by atoms with Crippen LogP contribution in [-0.2, 0) is 6.42 Å². The van der Waals surface area contributed by atoms with Gasteiger partial charge in [-0.15, -0.1) is 0 Å². The first-order valence-electron chi connectivity index (χ1n) is 7.70. The second kappa shape index (κ2) is 7.65. The number of rotatable bonds is 4. The molecule has 0 aliphatic rings. The Morgan fingerprint density at radius 3 is 2.70 bits per heavy atom. The number of fused-ring (bicyclic) bond motifs is 1. The quantitative estimate of drug-likeness (QED) is 0.767. The first-order valence-corrected chi connectivity index (χ1v) is 7.70. The molecule has 2 aromatic heterocycles. The molecule has 0 saturated carbocycles. The molecule has 1 atom stereocenters. The van der Waals surface area contributed by atoms with Crippen molar-refractivity contribution in [3.05, 3.63) is 53.9 Å². The molecular formula is C18H23N3O2. The Bertz CT molecular complexity index is 768. The van der Waals surface area contributed by atoms with Gasteiger partial charge >= 0.3 is 0 Å². The standard InChI is InChI=1S/C16H17N3O2.C2H6/c1-20-11-5-2-4-10(8-11)9-13(17)15-14(18)12-6-3-7-19-16(12)21-15;1-2/h2-8,13H,9,17-18H2,1H3;1-2H3. The van der Waals surface area contributed by atoms with Gasteiger partial charge in [-0.05, 0) is 36.2 Å². The molecule has 0 bridgehead atoms. The molecule has 23 heavy (non-hydrogen) atoms. The topological polar surface area (TPSA) is 87.3 Å². The maximum atomic E-state index is 6.24. The molecule has 0 fully saturated rings. The molecule has 0 amide bonds. The van der Waals surface area contributed by atoms with E-state index in [1.165, 1.54) is 0 Å². The van der Waals surface area contributed by atoms with Gasteiger partial charge in [-0.25, -0.2) is 4.98 Å². The van der Waals surface area contributed by atoms with E-state index in [-0.39, 0.29) is 6.04 Å². The van der Waals surface area contributed by atoms with E-state index in [0.29, 0.717) is 23.6 Å². The molecule has 0 aliphatic heterocycles. The van der Waals surface area contributed by atoms with Crippen molar-refractivity contribution in [3.63, 3.8) is 0 Å². The van der Waals surface area contributed by atoms with Crippen molar-refractivity contribution in [3.8, 4) is 5.75 Å². The zero-order valence-electron chi connectivity index (χ0n) is 13.7. The lowest BCUT2D eigenvalue weighted by atomic mass is 10.0. The number of nitrogen functional groups attached to an aromatic ring is 1. The molecule has 122 valence electrons. The monoisotopic (exact) mass is 313 g/mol. The van der Waals surface area contributed by atoms with Crippen molar-refractivity contribution in [1.29, 1.82) is 0 Å². The Morgan fingerprint density at radius 1 is 1.22 bits per heavy atom. The number of nitrogens with two attached hydrogens (primary N) is 2. The highest BCUT2D eigenvalue weighted by Gasteiger charge is 2.18. The van der Waals surface area contributed by atoms with Gasteiger partial charge in [0.05, 0.1) is 24.2 Å². The van der Waals surface area contributed by atoms with Crippen LogP contribution in [0.25, 0.3) is 11.1 Å². The van der Waals surface area contributed by atoms with Crippen molar-refractivity contribution >= 4 is 16.8 Å². The van der Waals surface area contributed by atoms with E-state index in [1.54, 1.807) is 13.3 Å². The second-order valence-corrected chi connectivity index (χ2v) is 4.90. The number of methoxy groups -OCH3 is 1. The van der Waals surface area contributed by atoms with Crippen LogP contribution in [0.2, 0.25) is 0 Å². The lowest BCUT2D eigenvalue weighted by Gasteiger charge is -2.10. The highest BCUT2D eigenvalue weighted by atomic mass is 16.5. The Balaban J connectivity index is 0.000000924. The highest BCUT2D eigenvalue weighted by Crippen LogP contribution is 2.31. The third kappa shape index (κ3) is 3.63. The summed E-state index contributed by atoms with van der Waals surface area (Å²) in [4.78, 5) is 4.16. The van der Waals surface area contributed by atoms with Crippen molar-refractivity contribution < 1.29 is 9.15 Å². The van der Waals surface area contributed by atoms with Gasteiger partial charge in [0.15, 0.2) is 0 Å². The van der Waals surface area contributed by atoms with Gasteiger partial charge < -0.3 is 20.6 Å². The molecule has 0 saturated heterocycles. The number of ether oxygens (including phenoxy) is 1. The van der Waals surface area contributed by atoms with Crippen LogP contribution in [0.1, 0.15) is 31.2 Å². The number of anilines is 1. The summed E-state index contributed by atoms with van der Waals surface area (Å²) in [5.74, 6) is 1.38. The lowest BCUT2D eigenvalue weighted by molar-refractivity contribution is 0.413. The summed E-state index contributed by atoms with van der Waals surface area (Å²) < 4.78 is 10.9. The molecule has 4 N–H and O–H groups in total. The number of aromatic nitrogens is 1. The predicted octanol–water partition coefficient (Wildman–Crippen LogP) is 3.69. The summed E-state index contributed by atoms with van der Waals surface area (Å²) >= 11 is 0. The van der Waals surface area contributed by atoms with Gasteiger partial charge in [-0.1, -0.05) is 26.0 Å². The summed E-state index contributed by atoms with van der Waals surface area (Å²) in [6.07, 6.45) is 2.28. The maximum absolute atomic E-state index is 6.24. The third-order valence-electron chi connectivity index (χ3n) is 3.46. The number of pyridine rings is 1. The molecular weight excluding hydrogens is 290 g/mol. The van der Waals surface area contributed by atoms with Crippen LogP contribution in [0.3, 0.4) is 0 Å². The predicted molar refractivity (Wildman–Crippen MR) is 93.4 cm³/mol. The normalized spacial score (nSPS) is 11.7. The van der Waals surface area contributed by atoms with Crippen molar-refractivity contribution in [2.24, 2.45) is 5.73 Å². The fourth-order valence-corrected chi connectivity index (χ4v) is 2.39. The Morgan fingerprint density at radius 2 is 2.00 bits per heavy atom. The highest BCUT2D eigenvalue weighted by molar-refractivity contribution is 5.88. The zero-order chi connectivity index (χ0) is 16.8. The zero-order valence-corrected chi connectivity index (χ0v) is 13.7. The fourth-order valence-electron chi connectivity index (χ4n) is 2.39. The van der Waals surface area contributed by atoms with E-state index < -0.39 is 0 Å². The van der Waals surface area contributed by atoms with Crippen molar-refractivity contribution in [2.75, 3.05) is 12.8 Å². The Kier molecular flexibility index (Phi) is 5.60. The number of hydrogen-bond acceptors (Lipinski definition) is 5. The maximum Gasteiger partial charge on any atom is 0.228 e. The summed E-state index contributed by atoms with van der Waals surface area (Å²) in [6.45, 7) is 4.00. The van der Waals surface area contributed by atoms with Gasteiger partial charge in [-0.3, -0.25) is 0 Å². The van der Waals surface area contributed by atoms with E-state index in [4.69, 9.17) is 20.6 Å². The van der Waals surface area contributed by atoms with Gasteiger partial charge in [0.1, 0.15) is 11.5 Å². The van der Waals surface area contributed by atoms with Gasteiger partial charge in [0, 0.05) is 6.20 Å². The summed E-state index contributed by atoms with van der Waals surface area (Å²) in [6, 6.07) is 11.2. The van der Waals surface area contributed by atoms with Gasteiger partial charge in [0.25, 0.3) is 0 Å². The smallest absolute Gasteiger partial charge is 0.228 e. The van der Waals surface area contributed by atoms with E-state index in [0.717, 1.165) is 16.7 Å². The SMILES string of the molecule is CC.COc1cccc(CC(N)c2oc3ncccc3c2N)c1. The number of hydrogen-bond donors (Lipinski definition) is 2. The minimum Gasteiger partial charge on any atom is -0.497 e. The Labute approximate surface area is 136 Å². The third-order valence-corrected chi connectivity index (χ3v) is 3.46.